The first-order valence-corrected chi connectivity index (χ1v) is 3.80. The number of amides is 1. The molecule has 0 radical (unpaired) electrons. The molecule has 1 aromatic rings. The molecule has 0 spiro atoms. The molecule has 13 heavy (non-hydrogen) atoms. The molecular weight excluding hydrogens is 168 g/mol. The van der Waals surface area contributed by atoms with E-state index in [1.165, 1.54) is 0 Å². The lowest BCUT2D eigenvalue weighted by Crippen LogP contribution is -2.31. The zero-order valence-electron chi connectivity index (χ0n) is 7.61. The molecule has 0 saturated heterocycles. The van der Waals surface area contributed by atoms with Gasteiger partial charge in [0.1, 0.15) is 5.82 Å². The molecule has 3 N–H and O–H groups in total. The molecule has 5 nitrogen and oxygen atoms in total. The molecule has 0 saturated carbocycles. The largest absolute Gasteiger partial charge is 0.362 e. The second-order valence-electron chi connectivity index (χ2n) is 2.74. The van der Waals surface area contributed by atoms with Gasteiger partial charge in [0.2, 0.25) is 0 Å². The van der Waals surface area contributed by atoms with Gasteiger partial charge in [-0.15, -0.1) is 0 Å². The number of hydrazine groups is 1. The summed E-state index contributed by atoms with van der Waals surface area (Å²) in [5.74, 6) is 5.29. The third kappa shape index (κ3) is 1.94. The monoisotopic (exact) mass is 180 g/mol. The van der Waals surface area contributed by atoms with Gasteiger partial charge in [0.15, 0.2) is 0 Å². The van der Waals surface area contributed by atoms with Crippen molar-refractivity contribution < 1.29 is 4.79 Å². The lowest BCUT2D eigenvalue weighted by molar-refractivity contribution is 0.0954. The number of carbonyl (C=O) groups excluding carboxylic acids is 1. The second-order valence-corrected chi connectivity index (χ2v) is 2.74. The smallest absolute Gasteiger partial charge is 0.268 e. The summed E-state index contributed by atoms with van der Waals surface area (Å²) in [5, 5.41) is 0. The quantitative estimate of drug-likeness (QED) is 0.374. The molecular formula is C8H12N4O. The van der Waals surface area contributed by atoms with Crippen LogP contribution in [-0.2, 0) is 0 Å². The maximum atomic E-state index is 11.2. The first-order valence-electron chi connectivity index (χ1n) is 3.80. The SMILES string of the molecule is CN(C)c1ncccc1C(=O)NN. The maximum absolute atomic E-state index is 11.2. The van der Waals surface area contributed by atoms with Crippen LogP contribution in [0.1, 0.15) is 10.4 Å². The Balaban J connectivity index is 3.12. The highest BCUT2D eigenvalue weighted by Crippen LogP contribution is 2.13. The van der Waals surface area contributed by atoms with Gasteiger partial charge in [0, 0.05) is 20.3 Å². The van der Waals surface area contributed by atoms with E-state index in [4.69, 9.17) is 5.84 Å². The van der Waals surface area contributed by atoms with Gasteiger partial charge >= 0.3 is 0 Å². The Labute approximate surface area is 76.5 Å². The average molecular weight is 180 g/mol. The van der Waals surface area contributed by atoms with Gasteiger partial charge in [0.25, 0.3) is 5.91 Å². The van der Waals surface area contributed by atoms with Crippen LogP contribution in [-0.4, -0.2) is 25.0 Å². The summed E-state index contributed by atoms with van der Waals surface area (Å²) in [6.07, 6.45) is 1.63. The molecule has 70 valence electrons. The van der Waals surface area contributed by atoms with Crippen LogP contribution in [0.3, 0.4) is 0 Å². The Morgan fingerprint density at radius 2 is 2.31 bits per heavy atom. The summed E-state index contributed by atoms with van der Waals surface area (Å²) < 4.78 is 0. The lowest BCUT2D eigenvalue weighted by Gasteiger charge is -2.14. The lowest BCUT2D eigenvalue weighted by atomic mass is 10.2. The van der Waals surface area contributed by atoms with E-state index in [-0.39, 0.29) is 5.91 Å². The van der Waals surface area contributed by atoms with Gasteiger partial charge < -0.3 is 4.90 Å². The fraction of sp³-hybridized carbons (Fsp3) is 0.250. The molecule has 1 rings (SSSR count). The van der Waals surface area contributed by atoms with Gasteiger partial charge in [-0.2, -0.15) is 0 Å². The normalized spacial score (nSPS) is 9.46. The Morgan fingerprint density at radius 3 is 2.85 bits per heavy atom. The van der Waals surface area contributed by atoms with E-state index < -0.39 is 0 Å². The van der Waals surface area contributed by atoms with E-state index in [0.29, 0.717) is 11.4 Å². The highest BCUT2D eigenvalue weighted by molar-refractivity contribution is 5.98. The number of nitrogens with two attached hydrogens (primary N) is 1. The predicted octanol–water partition coefficient (Wildman–Crippen LogP) is -0.249. The van der Waals surface area contributed by atoms with Crippen molar-refractivity contribution in [3.63, 3.8) is 0 Å². The first-order chi connectivity index (χ1) is 6.16. The Kier molecular flexibility index (Phi) is 2.81. The molecule has 0 aliphatic heterocycles. The molecule has 0 aromatic carbocycles. The first kappa shape index (κ1) is 9.47. The zero-order chi connectivity index (χ0) is 9.84. The number of carbonyl (C=O) groups is 1. The van der Waals surface area contributed by atoms with Crippen LogP contribution in [0.25, 0.3) is 0 Å². The maximum Gasteiger partial charge on any atom is 0.268 e. The summed E-state index contributed by atoms with van der Waals surface area (Å²) in [4.78, 5) is 17.0. The summed E-state index contributed by atoms with van der Waals surface area (Å²) in [5.41, 5.74) is 2.54. The van der Waals surface area contributed by atoms with Gasteiger partial charge in [-0.05, 0) is 12.1 Å². The van der Waals surface area contributed by atoms with E-state index in [1.54, 1.807) is 23.2 Å². The van der Waals surface area contributed by atoms with Gasteiger partial charge in [0.05, 0.1) is 5.56 Å². The highest BCUT2D eigenvalue weighted by Gasteiger charge is 2.11. The van der Waals surface area contributed by atoms with E-state index >= 15 is 0 Å². The number of nitrogens with one attached hydrogen (secondary N) is 1. The van der Waals surface area contributed by atoms with Gasteiger partial charge in [-0.25, -0.2) is 10.8 Å². The number of hydrogen-bond donors (Lipinski definition) is 2. The fourth-order valence-electron chi connectivity index (χ4n) is 1.01. The minimum atomic E-state index is -0.336. The van der Waals surface area contributed by atoms with Crippen molar-refractivity contribution in [2.24, 2.45) is 5.84 Å². The standard InChI is InChI=1S/C8H12N4O/c1-12(2)7-6(8(13)11-9)4-3-5-10-7/h3-5H,9H2,1-2H3,(H,11,13). The van der Waals surface area contributed by atoms with Crippen molar-refractivity contribution in [3.05, 3.63) is 23.9 Å². The average Bonchev–Trinajstić information content (AvgIpc) is 2.16. The van der Waals surface area contributed by atoms with Crippen LogP contribution in [0, 0.1) is 0 Å². The molecule has 0 bridgehead atoms. The number of hydrogen-bond acceptors (Lipinski definition) is 4. The molecule has 1 aromatic heterocycles. The number of rotatable bonds is 2. The number of aromatic nitrogens is 1. The van der Waals surface area contributed by atoms with E-state index in [0.717, 1.165) is 0 Å². The molecule has 0 aliphatic rings. The summed E-state index contributed by atoms with van der Waals surface area (Å²) >= 11 is 0. The highest BCUT2D eigenvalue weighted by atomic mass is 16.2. The molecule has 5 heteroatoms. The van der Waals surface area contributed by atoms with Crippen LogP contribution in [0.2, 0.25) is 0 Å². The number of nitrogen functional groups attached to an aromatic ring is 1. The second kappa shape index (κ2) is 3.86. The number of anilines is 1. The zero-order valence-corrected chi connectivity index (χ0v) is 7.61. The van der Waals surface area contributed by atoms with Gasteiger partial charge in [-0.1, -0.05) is 0 Å². The molecule has 0 fully saturated rings. The Bertz CT molecular complexity index is 311. The van der Waals surface area contributed by atoms with Crippen molar-refractivity contribution >= 4 is 11.7 Å². The van der Waals surface area contributed by atoms with Crippen molar-refractivity contribution in [3.8, 4) is 0 Å². The van der Waals surface area contributed by atoms with E-state index in [9.17, 15) is 4.79 Å². The van der Waals surface area contributed by atoms with Crippen molar-refractivity contribution in [1.29, 1.82) is 0 Å². The Hall–Kier alpha value is -1.62. The van der Waals surface area contributed by atoms with E-state index in [2.05, 4.69) is 10.4 Å². The van der Waals surface area contributed by atoms with Crippen LogP contribution in [0.5, 0.6) is 0 Å². The third-order valence-corrected chi connectivity index (χ3v) is 1.59. The fourth-order valence-corrected chi connectivity index (χ4v) is 1.01. The number of nitrogens with zero attached hydrogens (tertiary/aromatic N) is 2. The van der Waals surface area contributed by atoms with Crippen LogP contribution >= 0.6 is 0 Å². The Morgan fingerprint density at radius 1 is 1.62 bits per heavy atom. The van der Waals surface area contributed by atoms with Crippen LogP contribution < -0.4 is 16.2 Å². The van der Waals surface area contributed by atoms with Crippen LogP contribution in [0.4, 0.5) is 5.82 Å². The summed E-state index contributed by atoms with van der Waals surface area (Å²) in [6, 6.07) is 3.36. The minimum absolute atomic E-state index is 0.336. The van der Waals surface area contributed by atoms with Crippen LogP contribution in [0.15, 0.2) is 18.3 Å². The number of pyridine rings is 1. The topological polar surface area (TPSA) is 71.2 Å². The van der Waals surface area contributed by atoms with Gasteiger partial charge in [-0.3, -0.25) is 10.2 Å². The van der Waals surface area contributed by atoms with Crippen molar-refractivity contribution in [2.75, 3.05) is 19.0 Å². The third-order valence-electron chi connectivity index (χ3n) is 1.59. The summed E-state index contributed by atoms with van der Waals surface area (Å²) in [6.45, 7) is 0. The van der Waals surface area contributed by atoms with Crippen molar-refractivity contribution in [2.45, 2.75) is 0 Å². The minimum Gasteiger partial charge on any atom is -0.362 e. The molecule has 1 amide bonds. The van der Waals surface area contributed by atoms with Crippen molar-refractivity contribution in [1.82, 2.24) is 10.4 Å². The molecule has 0 unspecified atom stereocenters. The molecule has 0 aliphatic carbocycles. The predicted molar refractivity (Wildman–Crippen MR) is 50.2 cm³/mol. The summed E-state index contributed by atoms with van der Waals surface area (Å²) in [7, 11) is 3.63. The molecule has 1 heterocycles. The molecule has 0 atom stereocenters. The van der Waals surface area contributed by atoms with E-state index in [1.807, 2.05) is 14.1 Å².